The molecule has 0 atom stereocenters. The average Bonchev–Trinajstić information content (AvgIpc) is 2.70. The highest BCUT2D eigenvalue weighted by molar-refractivity contribution is 4.91. The van der Waals surface area contributed by atoms with Gasteiger partial charge in [-0.3, -0.25) is 4.68 Å². The van der Waals surface area contributed by atoms with Gasteiger partial charge in [-0.05, 0) is 32.6 Å². The van der Waals surface area contributed by atoms with Crippen molar-refractivity contribution in [3.05, 3.63) is 11.9 Å². The SMILES string of the molecule is CCN(CC)CCCNCc1cnnn1C. The van der Waals surface area contributed by atoms with Crippen LogP contribution >= 0.6 is 0 Å². The van der Waals surface area contributed by atoms with Crippen molar-refractivity contribution in [3.8, 4) is 0 Å². The highest BCUT2D eigenvalue weighted by atomic mass is 15.4. The molecule has 5 heteroatoms. The molecule has 0 unspecified atom stereocenters. The first-order chi connectivity index (χ1) is 7.77. The summed E-state index contributed by atoms with van der Waals surface area (Å²) in [6, 6.07) is 0. The summed E-state index contributed by atoms with van der Waals surface area (Å²) in [6.07, 6.45) is 2.99. The third-order valence-corrected chi connectivity index (χ3v) is 2.84. The summed E-state index contributed by atoms with van der Waals surface area (Å²) >= 11 is 0. The molecule has 0 aliphatic rings. The van der Waals surface area contributed by atoms with E-state index in [1.165, 1.54) is 13.0 Å². The molecule has 1 heterocycles. The molecule has 1 aromatic heterocycles. The van der Waals surface area contributed by atoms with Crippen molar-refractivity contribution in [2.24, 2.45) is 7.05 Å². The minimum absolute atomic E-state index is 0.849. The summed E-state index contributed by atoms with van der Waals surface area (Å²) in [5.41, 5.74) is 1.13. The lowest BCUT2D eigenvalue weighted by Crippen LogP contribution is -2.27. The first-order valence-corrected chi connectivity index (χ1v) is 6.04. The fraction of sp³-hybridized carbons (Fsp3) is 0.818. The molecule has 0 saturated carbocycles. The molecule has 1 rings (SSSR count). The smallest absolute Gasteiger partial charge is 0.0738 e. The molecule has 0 aliphatic heterocycles. The van der Waals surface area contributed by atoms with E-state index in [0.717, 1.165) is 31.9 Å². The van der Waals surface area contributed by atoms with Crippen molar-refractivity contribution >= 4 is 0 Å². The first-order valence-electron chi connectivity index (χ1n) is 6.04. The molecule has 5 nitrogen and oxygen atoms in total. The molecule has 0 aliphatic carbocycles. The van der Waals surface area contributed by atoms with Crippen LogP contribution in [0.3, 0.4) is 0 Å². The molecule has 0 aromatic carbocycles. The Hall–Kier alpha value is -0.940. The molecule has 0 saturated heterocycles. The molecular weight excluding hydrogens is 202 g/mol. The predicted octanol–water partition coefficient (Wildman–Crippen LogP) is 0.637. The maximum atomic E-state index is 3.89. The summed E-state index contributed by atoms with van der Waals surface area (Å²) in [7, 11) is 1.92. The first kappa shape index (κ1) is 13.1. The second-order valence-electron chi connectivity index (χ2n) is 3.91. The second kappa shape index (κ2) is 7.35. The highest BCUT2D eigenvalue weighted by Crippen LogP contribution is 1.93. The summed E-state index contributed by atoms with van der Waals surface area (Å²) < 4.78 is 1.80. The van der Waals surface area contributed by atoms with Crippen LogP contribution in [0.15, 0.2) is 6.20 Å². The van der Waals surface area contributed by atoms with Gasteiger partial charge in [-0.25, -0.2) is 0 Å². The Morgan fingerprint density at radius 1 is 1.38 bits per heavy atom. The lowest BCUT2D eigenvalue weighted by molar-refractivity contribution is 0.297. The third kappa shape index (κ3) is 4.28. The number of aromatic nitrogens is 3. The Morgan fingerprint density at radius 2 is 2.12 bits per heavy atom. The van der Waals surface area contributed by atoms with Crippen molar-refractivity contribution < 1.29 is 0 Å². The lowest BCUT2D eigenvalue weighted by atomic mass is 10.3. The Balaban J connectivity index is 2.06. The van der Waals surface area contributed by atoms with Crippen LogP contribution in [0.25, 0.3) is 0 Å². The largest absolute Gasteiger partial charge is 0.311 e. The third-order valence-electron chi connectivity index (χ3n) is 2.84. The zero-order valence-electron chi connectivity index (χ0n) is 10.6. The van der Waals surface area contributed by atoms with Gasteiger partial charge in [-0.1, -0.05) is 19.1 Å². The second-order valence-corrected chi connectivity index (χ2v) is 3.91. The van der Waals surface area contributed by atoms with Crippen LogP contribution in [-0.2, 0) is 13.6 Å². The maximum absolute atomic E-state index is 3.89. The highest BCUT2D eigenvalue weighted by Gasteiger charge is 2.00. The van der Waals surface area contributed by atoms with Gasteiger partial charge in [0.2, 0.25) is 0 Å². The van der Waals surface area contributed by atoms with E-state index in [1.807, 2.05) is 7.05 Å². The summed E-state index contributed by atoms with van der Waals surface area (Å²) in [5.74, 6) is 0. The fourth-order valence-electron chi connectivity index (χ4n) is 1.65. The quantitative estimate of drug-likeness (QED) is 0.659. The molecule has 0 radical (unpaired) electrons. The van der Waals surface area contributed by atoms with Crippen LogP contribution in [0.5, 0.6) is 0 Å². The van der Waals surface area contributed by atoms with Gasteiger partial charge in [0.15, 0.2) is 0 Å². The van der Waals surface area contributed by atoms with E-state index in [-0.39, 0.29) is 0 Å². The number of aryl methyl sites for hydroxylation is 1. The van der Waals surface area contributed by atoms with Crippen molar-refractivity contribution in [2.75, 3.05) is 26.2 Å². The van der Waals surface area contributed by atoms with Crippen LogP contribution in [0.2, 0.25) is 0 Å². The maximum Gasteiger partial charge on any atom is 0.0738 e. The van der Waals surface area contributed by atoms with Gasteiger partial charge in [-0.15, -0.1) is 5.10 Å². The van der Waals surface area contributed by atoms with E-state index in [9.17, 15) is 0 Å². The topological polar surface area (TPSA) is 46.0 Å². The van der Waals surface area contributed by atoms with Crippen LogP contribution in [0.1, 0.15) is 26.0 Å². The number of nitrogens with one attached hydrogen (secondary N) is 1. The van der Waals surface area contributed by atoms with Gasteiger partial charge in [0, 0.05) is 13.6 Å². The van der Waals surface area contributed by atoms with Crippen molar-refractivity contribution in [1.82, 2.24) is 25.2 Å². The minimum atomic E-state index is 0.849. The van der Waals surface area contributed by atoms with Gasteiger partial charge in [0.05, 0.1) is 11.9 Å². The van der Waals surface area contributed by atoms with E-state index in [1.54, 1.807) is 10.9 Å². The lowest BCUT2D eigenvalue weighted by Gasteiger charge is -2.17. The number of hydrogen-bond donors (Lipinski definition) is 1. The van der Waals surface area contributed by atoms with Gasteiger partial charge in [-0.2, -0.15) is 0 Å². The molecule has 0 amide bonds. The zero-order valence-corrected chi connectivity index (χ0v) is 10.6. The molecular formula is C11H23N5. The molecule has 0 spiro atoms. The number of nitrogens with zero attached hydrogens (tertiary/aromatic N) is 4. The number of hydrogen-bond acceptors (Lipinski definition) is 4. The summed E-state index contributed by atoms with van der Waals surface area (Å²) in [5, 5.41) is 11.1. The molecule has 1 aromatic rings. The van der Waals surface area contributed by atoms with Crippen molar-refractivity contribution in [2.45, 2.75) is 26.8 Å². The summed E-state index contributed by atoms with van der Waals surface area (Å²) in [4.78, 5) is 2.44. The Kier molecular flexibility index (Phi) is 6.03. The number of rotatable bonds is 8. The predicted molar refractivity (Wildman–Crippen MR) is 65.1 cm³/mol. The molecule has 0 bridgehead atoms. The van der Waals surface area contributed by atoms with Crippen LogP contribution < -0.4 is 5.32 Å². The van der Waals surface area contributed by atoms with Crippen molar-refractivity contribution in [3.63, 3.8) is 0 Å². The summed E-state index contributed by atoms with van der Waals surface area (Å²) in [6.45, 7) is 9.76. The fourth-order valence-corrected chi connectivity index (χ4v) is 1.65. The molecule has 0 fully saturated rings. The van der Waals surface area contributed by atoms with Gasteiger partial charge < -0.3 is 10.2 Å². The van der Waals surface area contributed by atoms with E-state index >= 15 is 0 Å². The van der Waals surface area contributed by atoms with Gasteiger partial charge in [0.25, 0.3) is 0 Å². The van der Waals surface area contributed by atoms with Gasteiger partial charge >= 0.3 is 0 Å². The van der Waals surface area contributed by atoms with Crippen LogP contribution in [0, 0.1) is 0 Å². The van der Waals surface area contributed by atoms with E-state index in [4.69, 9.17) is 0 Å². The van der Waals surface area contributed by atoms with E-state index < -0.39 is 0 Å². The normalized spacial score (nSPS) is 11.2. The minimum Gasteiger partial charge on any atom is -0.311 e. The zero-order chi connectivity index (χ0) is 11.8. The average molecular weight is 225 g/mol. The molecule has 92 valence electrons. The molecule has 1 N–H and O–H groups in total. The van der Waals surface area contributed by atoms with Crippen LogP contribution in [-0.4, -0.2) is 46.1 Å². The van der Waals surface area contributed by atoms with Crippen LogP contribution in [0.4, 0.5) is 0 Å². The monoisotopic (exact) mass is 225 g/mol. The molecule has 16 heavy (non-hydrogen) atoms. The Bertz CT molecular complexity index is 280. The van der Waals surface area contributed by atoms with E-state index in [2.05, 4.69) is 34.4 Å². The Labute approximate surface area is 97.8 Å². The standard InChI is InChI=1S/C11H23N5/c1-4-16(5-2)8-6-7-12-9-11-10-13-14-15(11)3/h10,12H,4-9H2,1-3H3. The van der Waals surface area contributed by atoms with Gasteiger partial charge in [0.1, 0.15) is 0 Å². The van der Waals surface area contributed by atoms with Crippen molar-refractivity contribution in [1.29, 1.82) is 0 Å². The van der Waals surface area contributed by atoms with E-state index in [0.29, 0.717) is 0 Å². The Morgan fingerprint density at radius 3 is 2.69 bits per heavy atom.